The number of benzene rings is 1. The van der Waals surface area contributed by atoms with Crippen molar-refractivity contribution in [2.45, 2.75) is 42.2 Å². The van der Waals surface area contributed by atoms with Crippen molar-refractivity contribution in [3.05, 3.63) is 35.9 Å². The molecule has 9 heteroatoms. The predicted octanol–water partition coefficient (Wildman–Crippen LogP) is -3.50. The summed E-state index contributed by atoms with van der Waals surface area (Å²) >= 11 is 1.28. The number of carboxylic acid groups (broad SMARTS) is 1. The molecule has 2 fully saturated rings. The molecule has 2 saturated heterocycles. The number of fused-ring (bicyclic) bond motifs is 1. The molecule has 0 saturated carbocycles. The second-order valence-corrected chi connectivity index (χ2v) is 8.39. The SMILES string of the molecule is COC1(NC(=O)Cc2ccccc2)C(=O)N2[C@@H](C(=O)[O-])C(C)(C)S[C@@H]21.[Na+]. The fourth-order valence-corrected chi connectivity index (χ4v) is 5.06. The molecule has 2 aliphatic rings. The zero-order chi connectivity index (χ0) is 18.4. The number of nitrogens with zero attached hydrogens (tertiary/aromatic N) is 1. The summed E-state index contributed by atoms with van der Waals surface area (Å²) in [6.07, 6.45) is 0.101. The van der Waals surface area contributed by atoms with Crippen molar-refractivity contribution >= 4 is 29.5 Å². The molecule has 26 heavy (non-hydrogen) atoms. The number of aliphatic carboxylic acids is 1. The van der Waals surface area contributed by atoms with Gasteiger partial charge in [-0.15, -0.1) is 11.8 Å². The van der Waals surface area contributed by atoms with Crippen molar-refractivity contribution in [2.75, 3.05) is 7.11 Å². The zero-order valence-corrected chi connectivity index (χ0v) is 18.0. The van der Waals surface area contributed by atoms with Crippen molar-refractivity contribution in [3.8, 4) is 0 Å². The van der Waals surface area contributed by atoms with Gasteiger partial charge in [-0.3, -0.25) is 9.59 Å². The maximum atomic E-state index is 12.7. The van der Waals surface area contributed by atoms with Gasteiger partial charge in [-0.1, -0.05) is 30.3 Å². The smallest absolute Gasteiger partial charge is 0.548 e. The Hall–Kier alpha value is -1.06. The van der Waals surface area contributed by atoms with Crippen molar-refractivity contribution in [3.63, 3.8) is 0 Å². The van der Waals surface area contributed by atoms with E-state index >= 15 is 0 Å². The zero-order valence-electron chi connectivity index (χ0n) is 15.1. The average molecular weight is 386 g/mol. The molecule has 2 heterocycles. The molecule has 1 unspecified atom stereocenters. The van der Waals surface area contributed by atoms with E-state index < -0.39 is 33.8 Å². The number of β-lactam (4-membered cyclic amide) rings is 1. The van der Waals surface area contributed by atoms with Gasteiger partial charge in [-0.05, 0) is 19.4 Å². The van der Waals surface area contributed by atoms with Crippen LogP contribution in [0, 0.1) is 0 Å². The Kier molecular flexibility index (Phi) is 6.14. The Morgan fingerprint density at radius 3 is 2.46 bits per heavy atom. The van der Waals surface area contributed by atoms with Crippen LogP contribution in [-0.4, -0.2) is 51.7 Å². The van der Waals surface area contributed by atoms with Crippen LogP contribution in [0.2, 0.25) is 0 Å². The van der Waals surface area contributed by atoms with Gasteiger partial charge in [0.15, 0.2) is 0 Å². The van der Waals surface area contributed by atoms with Crippen LogP contribution in [-0.2, 0) is 25.5 Å². The summed E-state index contributed by atoms with van der Waals surface area (Å²) in [5.74, 6) is -2.24. The van der Waals surface area contributed by atoms with E-state index in [9.17, 15) is 19.5 Å². The Morgan fingerprint density at radius 1 is 1.31 bits per heavy atom. The van der Waals surface area contributed by atoms with Crippen molar-refractivity contribution in [1.29, 1.82) is 0 Å². The maximum absolute atomic E-state index is 12.7. The number of ether oxygens (including phenoxy) is 1. The van der Waals surface area contributed by atoms with Crippen LogP contribution in [0.5, 0.6) is 0 Å². The minimum atomic E-state index is -1.54. The molecule has 0 radical (unpaired) electrons. The van der Waals surface area contributed by atoms with Crippen LogP contribution in [0.25, 0.3) is 0 Å². The molecule has 2 amide bonds. The van der Waals surface area contributed by atoms with E-state index in [2.05, 4.69) is 5.32 Å². The third kappa shape index (κ3) is 3.29. The second kappa shape index (κ2) is 7.52. The van der Waals surface area contributed by atoms with Gasteiger partial charge in [-0.25, -0.2) is 0 Å². The molecule has 134 valence electrons. The Bertz CT molecular complexity index is 729. The van der Waals surface area contributed by atoms with E-state index in [1.807, 2.05) is 30.3 Å². The predicted molar refractivity (Wildman–Crippen MR) is 89.1 cm³/mol. The molecule has 1 N–H and O–H groups in total. The van der Waals surface area contributed by atoms with E-state index in [0.717, 1.165) is 5.56 Å². The molecule has 2 aliphatic heterocycles. The van der Waals surface area contributed by atoms with Crippen LogP contribution in [0.1, 0.15) is 19.4 Å². The maximum Gasteiger partial charge on any atom is 1.00 e. The summed E-state index contributed by atoms with van der Waals surface area (Å²) in [5.41, 5.74) is -0.736. The van der Waals surface area contributed by atoms with Crippen LogP contribution >= 0.6 is 11.8 Å². The van der Waals surface area contributed by atoms with E-state index in [0.29, 0.717) is 0 Å². The van der Waals surface area contributed by atoms with Gasteiger partial charge in [0.05, 0.1) is 18.4 Å². The number of carboxylic acids is 1. The Morgan fingerprint density at radius 2 is 1.92 bits per heavy atom. The first-order valence-corrected chi connectivity index (χ1v) is 8.72. The van der Waals surface area contributed by atoms with E-state index in [-0.39, 0.29) is 41.9 Å². The molecule has 7 nitrogen and oxygen atoms in total. The molecule has 1 aromatic carbocycles. The first-order chi connectivity index (χ1) is 11.7. The third-order valence-corrected chi connectivity index (χ3v) is 6.20. The molecule has 1 aromatic rings. The van der Waals surface area contributed by atoms with Crippen LogP contribution in [0.15, 0.2) is 30.3 Å². The van der Waals surface area contributed by atoms with Gasteiger partial charge in [-0.2, -0.15) is 0 Å². The molecule has 3 atom stereocenters. The van der Waals surface area contributed by atoms with Crippen molar-refractivity contribution in [1.82, 2.24) is 10.2 Å². The van der Waals surface area contributed by atoms with Gasteiger partial charge in [0.25, 0.3) is 11.6 Å². The molecular weight excluding hydrogens is 367 g/mol. The van der Waals surface area contributed by atoms with Crippen LogP contribution in [0.3, 0.4) is 0 Å². The van der Waals surface area contributed by atoms with Gasteiger partial charge < -0.3 is 24.9 Å². The summed E-state index contributed by atoms with van der Waals surface area (Å²) in [7, 11) is 1.33. The summed E-state index contributed by atoms with van der Waals surface area (Å²) in [5, 5.41) is 13.5. The summed E-state index contributed by atoms with van der Waals surface area (Å²) in [4.78, 5) is 37.8. The molecule has 0 aromatic heterocycles. The van der Waals surface area contributed by atoms with Gasteiger partial charge in [0, 0.05) is 11.9 Å². The van der Waals surface area contributed by atoms with Gasteiger partial charge >= 0.3 is 29.6 Å². The molecule has 3 rings (SSSR count). The minimum Gasteiger partial charge on any atom is -0.548 e. The Balaban J connectivity index is 0.00000243. The number of hydrogen-bond donors (Lipinski definition) is 1. The van der Waals surface area contributed by atoms with E-state index in [4.69, 9.17) is 4.74 Å². The minimum absolute atomic E-state index is 0. The number of nitrogens with one attached hydrogen (secondary N) is 1. The van der Waals surface area contributed by atoms with Crippen LogP contribution < -0.4 is 40.0 Å². The van der Waals surface area contributed by atoms with Gasteiger partial charge in [0.1, 0.15) is 5.37 Å². The quantitative estimate of drug-likeness (QED) is 0.320. The number of amides is 2. The molecule has 0 aliphatic carbocycles. The molecule has 0 bridgehead atoms. The van der Waals surface area contributed by atoms with Crippen LogP contribution in [0.4, 0.5) is 0 Å². The normalized spacial score (nSPS) is 28.6. The largest absolute Gasteiger partial charge is 1.00 e. The molecule has 0 spiro atoms. The number of rotatable bonds is 5. The first-order valence-electron chi connectivity index (χ1n) is 7.84. The van der Waals surface area contributed by atoms with Gasteiger partial charge in [0.2, 0.25) is 5.91 Å². The van der Waals surface area contributed by atoms with Crippen molar-refractivity contribution < 1.29 is 53.8 Å². The second-order valence-electron chi connectivity index (χ2n) is 6.66. The van der Waals surface area contributed by atoms with E-state index in [1.54, 1.807) is 13.8 Å². The number of carbonyl (C=O) groups is 3. The average Bonchev–Trinajstić information content (AvgIpc) is 2.82. The third-order valence-electron chi connectivity index (χ3n) is 4.58. The Labute approximate surface area is 178 Å². The fraction of sp³-hybridized carbons (Fsp3) is 0.471. The number of methoxy groups -OCH3 is 1. The summed E-state index contributed by atoms with van der Waals surface area (Å²) in [6, 6.07) is 8.06. The number of hydrogen-bond acceptors (Lipinski definition) is 6. The standard InChI is InChI=1S/C17H20N2O5S.Na/c1-16(2)12(13(21)22)19-14(23)17(24-3,15(19)25-16)18-11(20)9-10-7-5-4-6-8-10;/h4-8,12,15H,9H2,1-3H3,(H,18,20)(H,21,22);/q;+1/p-1/t12-,15+,17?;/m0./s1. The summed E-state index contributed by atoms with van der Waals surface area (Å²) < 4.78 is 4.63. The topological polar surface area (TPSA) is 98.8 Å². The monoisotopic (exact) mass is 386 g/mol. The van der Waals surface area contributed by atoms with Crippen molar-refractivity contribution in [2.24, 2.45) is 0 Å². The number of carbonyl (C=O) groups excluding carboxylic acids is 3. The fourth-order valence-electron chi connectivity index (χ4n) is 3.40. The number of thioether (sulfide) groups is 1. The van der Waals surface area contributed by atoms with E-state index in [1.165, 1.54) is 23.8 Å². The molecular formula is C17H19N2NaO5S. The summed E-state index contributed by atoms with van der Waals surface area (Å²) in [6.45, 7) is 3.46. The first kappa shape index (κ1) is 21.2.